The molecule has 0 amide bonds. The fraction of sp³-hybridized carbons (Fsp3) is 0.231. The summed E-state index contributed by atoms with van der Waals surface area (Å²) < 4.78 is 4.94. The maximum atomic E-state index is 11.5. The molecule has 1 aliphatic rings. The minimum Gasteiger partial charge on any atom is -0.481 e. The molecule has 0 bridgehead atoms. The summed E-state index contributed by atoms with van der Waals surface area (Å²) in [4.78, 5) is 22.0. The molecule has 1 heterocycles. The second-order valence-corrected chi connectivity index (χ2v) is 3.90. The number of carboxylic acid groups (broad SMARTS) is 1. The van der Waals surface area contributed by atoms with Crippen molar-refractivity contribution < 1.29 is 19.4 Å². The molecule has 4 nitrogen and oxygen atoms in total. The van der Waals surface area contributed by atoms with E-state index in [1.54, 1.807) is 6.08 Å². The van der Waals surface area contributed by atoms with Gasteiger partial charge >= 0.3 is 11.9 Å². The highest BCUT2D eigenvalue weighted by molar-refractivity contribution is 5.91. The number of esters is 1. The molecule has 1 aromatic rings. The lowest BCUT2D eigenvalue weighted by atomic mass is 10.0. The fourth-order valence-corrected chi connectivity index (χ4v) is 1.76. The minimum absolute atomic E-state index is 0.177. The second kappa shape index (κ2) is 4.82. The molecule has 2 rings (SSSR count). The first kappa shape index (κ1) is 11.4. The third-order valence-corrected chi connectivity index (χ3v) is 2.52. The molecule has 17 heavy (non-hydrogen) atoms. The van der Waals surface area contributed by atoms with E-state index in [-0.39, 0.29) is 6.42 Å². The van der Waals surface area contributed by atoms with Crippen LogP contribution in [-0.4, -0.2) is 23.1 Å². The van der Waals surface area contributed by atoms with Crippen molar-refractivity contribution in [2.75, 3.05) is 0 Å². The van der Waals surface area contributed by atoms with Gasteiger partial charge in [0.25, 0.3) is 0 Å². The number of benzene rings is 1. The van der Waals surface area contributed by atoms with E-state index in [2.05, 4.69) is 0 Å². The third kappa shape index (κ3) is 2.93. The summed E-state index contributed by atoms with van der Waals surface area (Å²) in [6, 6.07) is 9.52. The first-order valence-electron chi connectivity index (χ1n) is 5.32. The molecule has 0 fully saturated rings. The SMILES string of the molecule is O=C(O)CC1C=C(Cc2ccccc2)C(=O)O1. The number of rotatable bonds is 4. The lowest BCUT2D eigenvalue weighted by Gasteiger charge is -2.03. The number of ether oxygens (including phenoxy) is 1. The maximum Gasteiger partial charge on any atom is 0.334 e. The zero-order chi connectivity index (χ0) is 12.3. The van der Waals surface area contributed by atoms with Crippen molar-refractivity contribution in [1.82, 2.24) is 0 Å². The predicted octanol–water partition coefficient (Wildman–Crippen LogP) is 1.56. The smallest absolute Gasteiger partial charge is 0.334 e. The first-order valence-corrected chi connectivity index (χ1v) is 5.32. The number of hydrogen-bond donors (Lipinski definition) is 1. The Morgan fingerprint density at radius 1 is 1.29 bits per heavy atom. The molecular weight excluding hydrogens is 220 g/mol. The summed E-state index contributed by atoms with van der Waals surface area (Å²) in [6.45, 7) is 0. The Morgan fingerprint density at radius 2 is 2.00 bits per heavy atom. The van der Waals surface area contributed by atoms with Gasteiger partial charge in [-0.2, -0.15) is 0 Å². The minimum atomic E-state index is -0.972. The summed E-state index contributed by atoms with van der Waals surface area (Å²) in [5.74, 6) is -1.39. The molecule has 0 spiro atoms. The van der Waals surface area contributed by atoms with Crippen molar-refractivity contribution in [2.45, 2.75) is 18.9 Å². The van der Waals surface area contributed by atoms with Crippen LogP contribution in [-0.2, 0) is 20.7 Å². The van der Waals surface area contributed by atoms with Crippen LogP contribution in [0.1, 0.15) is 12.0 Å². The Kier molecular flexibility index (Phi) is 3.23. The van der Waals surface area contributed by atoms with Crippen LogP contribution in [0.5, 0.6) is 0 Å². The molecule has 0 saturated heterocycles. The summed E-state index contributed by atoms with van der Waals surface area (Å²) in [7, 11) is 0. The molecule has 4 heteroatoms. The Balaban J connectivity index is 2.06. The van der Waals surface area contributed by atoms with Gasteiger partial charge in [-0.05, 0) is 11.6 Å². The summed E-state index contributed by atoms with van der Waals surface area (Å²) >= 11 is 0. The largest absolute Gasteiger partial charge is 0.481 e. The molecule has 1 aliphatic heterocycles. The van der Waals surface area contributed by atoms with Gasteiger partial charge in [0.2, 0.25) is 0 Å². The molecule has 1 aromatic carbocycles. The molecule has 88 valence electrons. The molecule has 1 atom stereocenters. The van der Waals surface area contributed by atoms with E-state index in [1.807, 2.05) is 30.3 Å². The van der Waals surface area contributed by atoms with Crippen LogP contribution >= 0.6 is 0 Å². The zero-order valence-electron chi connectivity index (χ0n) is 9.13. The summed E-state index contributed by atoms with van der Waals surface area (Å²) in [6.07, 6.45) is 1.28. The van der Waals surface area contributed by atoms with Crippen LogP contribution in [0.25, 0.3) is 0 Å². The lowest BCUT2D eigenvalue weighted by molar-refractivity contribution is -0.144. The van der Waals surface area contributed by atoms with Crippen molar-refractivity contribution >= 4 is 11.9 Å². The van der Waals surface area contributed by atoms with Gasteiger partial charge in [0.05, 0.1) is 6.42 Å². The van der Waals surface area contributed by atoms with Gasteiger partial charge in [-0.3, -0.25) is 4.79 Å². The van der Waals surface area contributed by atoms with Gasteiger partial charge in [0, 0.05) is 12.0 Å². The molecule has 0 aromatic heterocycles. The number of carbonyl (C=O) groups excluding carboxylic acids is 1. The first-order chi connectivity index (χ1) is 8.15. The van der Waals surface area contributed by atoms with E-state index in [0.717, 1.165) is 5.56 Å². The zero-order valence-corrected chi connectivity index (χ0v) is 9.13. The van der Waals surface area contributed by atoms with Gasteiger partial charge in [-0.15, -0.1) is 0 Å². The highest BCUT2D eigenvalue weighted by atomic mass is 16.5. The van der Waals surface area contributed by atoms with Crippen molar-refractivity contribution in [2.24, 2.45) is 0 Å². The normalized spacial score (nSPS) is 18.7. The number of aliphatic carboxylic acids is 1. The van der Waals surface area contributed by atoms with Gasteiger partial charge < -0.3 is 9.84 Å². The van der Waals surface area contributed by atoms with Crippen LogP contribution in [0.2, 0.25) is 0 Å². The van der Waals surface area contributed by atoms with E-state index in [9.17, 15) is 9.59 Å². The second-order valence-electron chi connectivity index (χ2n) is 3.90. The maximum absolute atomic E-state index is 11.5. The average molecular weight is 232 g/mol. The van der Waals surface area contributed by atoms with Crippen LogP contribution < -0.4 is 0 Å². The van der Waals surface area contributed by atoms with Crippen molar-refractivity contribution in [3.8, 4) is 0 Å². The van der Waals surface area contributed by atoms with Crippen LogP contribution in [0.15, 0.2) is 42.0 Å². The Bertz CT molecular complexity index is 462. The van der Waals surface area contributed by atoms with Gasteiger partial charge in [0.15, 0.2) is 0 Å². The number of carboxylic acids is 1. The predicted molar refractivity (Wildman–Crippen MR) is 60.4 cm³/mol. The van der Waals surface area contributed by atoms with Crippen LogP contribution in [0.4, 0.5) is 0 Å². The molecule has 0 aliphatic carbocycles. The highest BCUT2D eigenvalue weighted by Crippen LogP contribution is 2.20. The number of carbonyl (C=O) groups is 2. The van der Waals surface area contributed by atoms with E-state index in [0.29, 0.717) is 12.0 Å². The van der Waals surface area contributed by atoms with Gasteiger partial charge in [0.1, 0.15) is 6.10 Å². The Hall–Kier alpha value is -2.10. The Labute approximate surface area is 98.5 Å². The van der Waals surface area contributed by atoms with E-state index >= 15 is 0 Å². The molecule has 0 saturated carbocycles. The summed E-state index contributed by atoms with van der Waals surface area (Å²) in [5.41, 5.74) is 1.54. The average Bonchev–Trinajstić information content (AvgIpc) is 2.59. The van der Waals surface area contributed by atoms with E-state index in [1.165, 1.54) is 0 Å². The molecular formula is C13H12O4. The van der Waals surface area contributed by atoms with Crippen molar-refractivity contribution in [3.63, 3.8) is 0 Å². The quantitative estimate of drug-likeness (QED) is 0.800. The fourth-order valence-electron chi connectivity index (χ4n) is 1.76. The number of cyclic esters (lactones) is 1. The topological polar surface area (TPSA) is 63.6 Å². The molecule has 1 unspecified atom stereocenters. The summed E-state index contributed by atoms with van der Waals surface area (Å²) in [5, 5.41) is 8.62. The highest BCUT2D eigenvalue weighted by Gasteiger charge is 2.26. The molecule has 1 N–H and O–H groups in total. The lowest BCUT2D eigenvalue weighted by Crippen LogP contribution is -2.13. The molecule has 0 radical (unpaired) electrons. The van der Waals surface area contributed by atoms with Gasteiger partial charge in [-0.1, -0.05) is 30.3 Å². The van der Waals surface area contributed by atoms with E-state index < -0.39 is 18.0 Å². The standard InChI is InChI=1S/C13H12O4/c14-12(15)8-11-7-10(13(16)17-11)6-9-4-2-1-3-5-9/h1-5,7,11H,6,8H2,(H,14,15). The van der Waals surface area contributed by atoms with Crippen molar-refractivity contribution in [1.29, 1.82) is 0 Å². The number of hydrogen-bond acceptors (Lipinski definition) is 3. The van der Waals surface area contributed by atoms with Crippen LogP contribution in [0, 0.1) is 0 Å². The van der Waals surface area contributed by atoms with Gasteiger partial charge in [-0.25, -0.2) is 4.79 Å². The Morgan fingerprint density at radius 3 is 2.65 bits per heavy atom. The van der Waals surface area contributed by atoms with Crippen LogP contribution in [0.3, 0.4) is 0 Å². The third-order valence-electron chi connectivity index (χ3n) is 2.52. The van der Waals surface area contributed by atoms with Crippen molar-refractivity contribution in [3.05, 3.63) is 47.5 Å². The monoisotopic (exact) mass is 232 g/mol. The van der Waals surface area contributed by atoms with E-state index in [4.69, 9.17) is 9.84 Å².